The van der Waals surface area contributed by atoms with Gasteiger partial charge in [-0.2, -0.15) is 65.9 Å². The van der Waals surface area contributed by atoms with Crippen LogP contribution in [0.5, 0.6) is 0 Å². The second-order valence-corrected chi connectivity index (χ2v) is 6.38. The van der Waals surface area contributed by atoms with Crippen LogP contribution in [-0.4, -0.2) is 42.2 Å². The van der Waals surface area contributed by atoms with E-state index in [4.69, 9.17) is 0 Å². The van der Waals surface area contributed by atoms with Gasteiger partial charge in [-0.3, -0.25) is 0 Å². The fourth-order valence-corrected chi connectivity index (χ4v) is 2.71. The van der Waals surface area contributed by atoms with Crippen molar-refractivity contribution in [2.75, 3.05) is 0 Å². The zero-order valence-corrected chi connectivity index (χ0v) is 15.5. The van der Waals surface area contributed by atoms with E-state index in [9.17, 15) is 74.6 Å². The Morgan fingerprint density at radius 2 is 0.824 bits per heavy atom. The number of allylic oxidation sites excluding steroid dienone is 2. The van der Waals surface area contributed by atoms with E-state index in [0.29, 0.717) is 12.1 Å². The number of halogens is 17. The van der Waals surface area contributed by atoms with E-state index in [2.05, 4.69) is 6.58 Å². The Kier molecular flexibility index (Phi) is 7.23. The second kappa shape index (κ2) is 8.32. The van der Waals surface area contributed by atoms with Gasteiger partial charge in [-0.1, -0.05) is 36.9 Å². The number of alkyl halides is 17. The number of hydrogen-bond donors (Lipinski definition) is 0. The molecule has 1 rings (SSSR count). The van der Waals surface area contributed by atoms with Crippen LogP contribution in [0.1, 0.15) is 11.1 Å². The van der Waals surface area contributed by atoms with Gasteiger partial charge in [-0.15, -0.1) is 0 Å². The fourth-order valence-electron chi connectivity index (χ4n) is 2.71. The highest BCUT2D eigenvalue weighted by atomic mass is 19.4. The van der Waals surface area contributed by atoms with Crippen molar-refractivity contribution < 1.29 is 74.6 Å². The normalized spacial score (nSPS) is 14.7. The van der Waals surface area contributed by atoms with Gasteiger partial charge in [0.15, 0.2) is 0 Å². The van der Waals surface area contributed by atoms with Gasteiger partial charge in [0.2, 0.25) is 0 Å². The Balaban J connectivity index is 4.68. The quantitative estimate of drug-likeness (QED) is 0.341. The maximum Gasteiger partial charge on any atom is 0.435 e. The molecule has 0 fully saturated rings. The van der Waals surface area contributed by atoms with E-state index in [1.165, 1.54) is 0 Å². The van der Waals surface area contributed by atoms with Gasteiger partial charge >= 0.3 is 42.2 Å². The van der Waals surface area contributed by atoms with Crippen molar-refractivity contribution in [1.29, 1.82) is 0 Å². The predicted octanol–water partition coefficient (Wildman–Crippen LogP) is 8.31. The average Bonchev–Trinajstić information content (AvgIpc) is 2.60. The van der Waals surface area contributed by atoms with Gasteiger partial charge < -0.3 is 0 Å². The molecule has 194 valence electrons. The minimum atomic E-state index is -8.11. The molecule has 0 N–H and O–H groups in total. The standard InChI is InChI=1S/C17H7F17/c1-2-7-3-5-8(6-4-7)9(13(20,21)22)10(11(18,14(23,24)25)15(26,27)28)12(19,16(29,30)31)17(32,33)34/h2-6H,1H2. The van der Waals surface area contributed by atoms with E-state index >= 15 is 0 Å². The van der Waals surface area contributed by atoms with Crippen LogP contribution in [0.2, 0.25) is 0 Å². The third-order valence-corrected chi connectivity index (χ3v) is 4.22. The number of hydrogen-bond acceptors (Lipinski definition) is 0. The lowest BCUT2D eigenvalue weighted by molar-refractivity contribution is -0.363. The zero-order valence-electron chi connectivity index (χ0n) is 15.5. The summed E-state index contributed by atoms with van der Waals surface area (Å²) in [6, 6.07) is 0.322. The third kappa shape index (κ3) is 4.69. The summed E-state index contributed by atoms with van der Waals surface area (Å²) in [4.78, 5) is 0. The zero-order chi connectivity index (χ0) is 27.3. The second-order valence-electron chi connectivity index (χ2n) is 6.38. The summed E-state index contributed by atoms with van der Waals surface area (Å²) in [6.07, 6.45) is -38.1. The summed E-state index contributed by atoms with van der Waals surface area (Å²) in [5.41, 5.74) is -28.2. The average molecular weight is 534 g/mol. The Morgan fingerprint density at radius 3 is 1.03 bits per heavy atom. The molecule has 17 heteroatoms. The molecule has 0 nitrogen and oxygen atoms in total. The van der Waals surface area contributed by atoms with Gasteiger partial charge in [-0.25, -0.2) is 8.78 Å². The largest absolute Gasteiger partial charge is 0.435 e. The highest BCUT2D eigenvalue weighted by Gasteiger charge is 2.87. The molecule has 0 aromatic heterocycles. The van der Waals surface area contributed by atoms with Crippen molar-refractivity contribution >= 4 is 11.6 Å². The van der Waals surface area contributed by atoms with Crippen LogP contribution in [-0.2, 0) is 0 Å². The molecule has 34 heavy (non-hydrogen) atoms. The van der Waals surface area contributed by atoms with Gasteiger partial charge in [0.25, 0.3) is 0 Å². The van der Waals surface area contributed by atoms with E-state index in [1.807, 2.05) is 0 Å². The summed E-state index contributed by atoms with van der Waals surface area (Å²) in [5, 5.41) is 0. The lowest BCUT2D eigenvalue weighted by Crippen LogP contribution is -2.66. The molecule has 0 aliphatic carbocycles. The topological polar surface area (TPSA) is 0 Å². The SMILES string of the molecule is C=Cc1ccc(C(=C(C(F)(C(F)(F)F)C(F)(F)F)C(F)(C(F)(F)F)C(F)(F)F)C(F)(F)F)cc1. The molecule has 0 amide bonds. The number of benzene rings is 1. The molecular weight excluding hydrogens is 527 g/mol. The van der Waals surface area contributed by atoms with Crippen molar-refractivity contribution in [2.45, 2.75) is 42.2 Å². The Bertz CT molecular complexity index is 848. The molecule has 0 spiro atoms. The molecule has 0 saturated heterocycles. The highest BCUT2D eigenvalue weighted by Crippen LogP contribution is 2.64. The van der Waals surface area contributed by atoms with Gasteiger partial charge in [0, 0.05) is 0 Å². The maximum absolute atomic E-state index is 14.6. The molecule has 0 heterocycles. The lowest BCUT2D eigenvalue weighted by Gasteiger charge is -2.41. The smallest absolute Gasteiger partial charge is 0.218 e. The first-order chi connectivity index (χ1) is 14.8. The van der Waals surface area contributed by atoms with Crippen molar-refractivity contribution in [3.63, 3.8) is 0 Å². The molecule has 0 atom stereocenters. The van der Waals surface area contributed by atoms with Crippen molar-refractivity contribution in [3.8, 4) is 0 Å². The fraction of sp³-hybridized carbons (Fsp3) is 0.412. The van der Waals surface area contributed by atoms with Crippen LogP contribution >= 0.6 is 0 Å². The summed E-state index contributed by atoms with van der Waals surface area (Å²) in [7, 11) is 0. The van der Waals surface area contributed by atoms with Crippen molar-refractivity contribution in [3.05, 3.63) is 47.5 Å². The summed E-state index contributed by atoms with van der Waals surface area (Å²) < 4.78 is 227. The van der Waals surface area contributed by atoms with Crippen LogP contribution in [0.15, 0.2) is 36.4 Å². The monoisotopic (exact) mass is 534 g/mol. The lowest BCUT2D eigenvalue weighted by atomic mass is 9.76. The molecule has 0 bridgehead atoms. The van der Waals surface area contributed by atoms with E-state index in [0.717, 1.165) is 6.08 Å². The minimum Gasteiger partial charge on any atom is -0.218 e. The van der Waals surface area contributed by atoms with E-state index < -0.39 is 58.9 Å². The maximum atomic E-state index is 14.6. The first-order valence-electron chi connectivity index (χ1n) is 7.98. The van der Waals surface area contributed by atoms with E-state index in [-0.39, 0.29) is 17.7 Å². The van der Waals surface area contributed by atoms with Crippen LogP contribution < -0.4 is 0 Å². The molecule has 0 aliphatic rings. The Hall–Kier alpha value is -2.49. The van der Waals surface area contributed by atoms with Gasteiger partial charge in [-0.05, 0) is 11.1 Å². The third-order valence-electron chi connectivity index (χ3n) is 4.22. The molecule has 0 aliphatic heterocycles. The van der Waals surface area contributed by atoms with Gasteiger partial charge in [0.1, 0.15) is 0 Å². The first-order valence-corrected chi connectivity index (χ1v) is 7.98. The molecule has 0 radical (unpaired) electrons. The summed E-state index contributed by atoms with van der Waals surface area (Å²) >= 11 is 0. The molecule has 1 aromatic carbocycles. The Morgan fingerprint density at radius 1 is 0.529 bits per heavy atom. The molecule has 0 saturated carbocycles. The minimum absolute atomic E-state index is 0.194. The summed E-state index contributed by atoms with van der Waals surface area (Å²) in [5.74, 6) is 0. The van der Waals surface area contributed by atoms with Crippen LogP contribution in [0, 0.1) is 0 Å². The Labute approximate surface area is 177 Å². The molecule has 0 unspecified atom stereocenters. The van der Waals surface area contributed by atoms with Crippen LogP contribution in [0.4, 0.5) is 74.6 Å². The van der Waals surface area contributed by atoms with Crippen LogP contribution in [0.3, 0.4) is 0 Å². The first kappa shape index (κ1) is 29.5. The predicted molar refractivity (Wildman–Crippen MR) is 81.4 cm³/mol. The highest BCUT2D eigenvalue weighted by molar-refractivity contribution is 5.77. The van der Waals surface area contributed by atoms with Crippen molar-refractivity contribution in [2.24, 2.45) is 0 Å². The molecule has 1 aromatic rings. The van der Waals surface area contributed by atoms with E-state index in [1.54, 1.807) is 0 Å². The molecular formula is C17H7F17. The van der Waals surface area contributed by atoms with Crippen molar-refractivity contribution in [1.82, 2.24) is 0 Å². The number of rotatable bonds is 4. The van der Waals surface area contributed by atoms with Crippen LogP contribution in [0.25, 0.3) is 11.6 Å². The summed E-state index contributed by atoms with van der Waals surface area (Å²) in [6.45, 7) is 3.05. The van der Waals surface area contributed by atoms with Gasteiger partial charge in [0.05, 0.1) is 11.1 Å².